The van der Waals surface area contributed by atoms with Gasteiger partial charge in [0.25, 0.3) is 0 Å². The SMILES string of the molecule is c1ccc2c(c1)sc1cc3c4ccccc4c4ccccc4c4ccccc4c4ccccc4c3cc12. The lowest BCUT2D eigenvalue weighted by Gasteiger charge is -2.10. The molecular weight excluding hydrogens is 464 g/mol. The molecule has 0 atom stereocenters. The van der Waals surface area contributed by atoms with Crippen LogP contribution in [0.3, 0.4) is 0 Å². The van der Waals surface area contributed by atoms with Gasteiger partial charge in [0, 0.05) is 20.2 Å². The van der Waals surface area contributed by atoms with Crippen molar-refractivity contribution in [3.8, 4) is 0 Å². The average molecular weight is 487 g/mol. The van der Waals surface area contributed by atoms with Crippen LogP contribution in [0.4, 0.5) is 0 Å². The van der Waals surface area contributed by atoms with E-state index in [4.69, 9.17) is 0 Å². The molecule has 7 aromatic carbocycles. The molecule has 1 heteroatoms. The summed E-state index contributed by atoms with van der Waals surface area (Å²) < 4.78 is 2.67. The Labute approximate surface area is 218 Å². The van der Waals surface area contributed by atoms with E-state index < -0.39 is 0 Å². The predicted molar refractivity (Wildman–Crippen MR) is 164 cm³/mol. The number of rotatable bonds is 0. The fourth-order valence-electron chi connectivity index (χ4n) is 6.03. The maximum Gasteiger partial charge on any atom is 0.0362 e. The smallest absolute Gasteiger partial charge is 0.0362 e. The summed E-state index contributed by atoms with van der Waals surface area (Å²) in [5.74, 6) is 0. The first-order valence-corrected chi connectivity index (χ1v) is 13.5. The summed E-state index contributed by atoms with van der Waals surface area (Å²) in [5.41, 5.74) is 0. The summed E-state index contributed by atoms with van der Waals surface area (Å²) in [4.78, 5) is 0. The Morgan fingerprint density at radius 2 is 0.568 bits per heavy atom. The third-order valence-electron chi connectivity index (χ3n) is 7.68. The minimum Gasteiger partial charge on any atom is -0.135 e. The quantitative estimate of drug-likeness (QED) is 0.200. The lowest BCUT2D eigenvalue weighted by Crippen LogP contribution is -1.82. The van der Waals surface area contributed by atoms with Gasteiger partial charge in [0.05, 0.1) is 0 Å². The second-order valence-corrected chi connectivity index (χ2v) is 10.8. The monoisotopic (exact) mass is 486 g/mol. The van der Waals surface area contributed by atoms with Gasteiger partial charge in [0.2, 0.25) is 0 Å². The van der Waals surface area contributed by atoms with E-state index in [1.165, 1.54) is 74.0 Å². The molecule has 0 spiro atoms. The van der Waals surface area contributed by atoms with Gasteiger partial charge in [-0.1, -0.05) is 115 Å². The van der Waals surface area contributed by atoms with Crippen LogP contribution in [0.5, 0.6) is 0 Å². The van der Waals surface area contributed by atoms with Gasteiger partial charge in [0.1, 0.15) is 0 Å². The molecule has 0 aliphatic rings. The van der Waals surface area contributed by atoms with Crippen molar-refractivity contribution in [1.29, 1.82) is 0 Å². The number of benzene rings is 6. The zero-order valence-corrected chi connectivity index (χ0v) is 20.9. The second kappa shape index (κ2) is 8.03. The van der Waals surface area contributed by atoms with Crippen molar-refractivity contribution in [2.45, 2.75) is 0 Å². The summed E-state index contributed by atoms with van der Waals surface area (Å²) in [6, 6.07) is 49.2. The highest BCUT2D eigenvalue weighted by atomic mass is 32.1. The Morgan fingerprint density at radius 3 is 1.00 bits per heavy atom. The molecule has 8 aromatic rings. The normalized spacial score (nSPS) is 11.8. The van der Waals surface area contributed by atoms with Crippen molar-refractivity contribution in [2.24, 2.45) is 0 Å². The number of hydrogen-bond donors (Lipinski definition) is 0. The van der Waals surface area contributed by atoms with Crippen molar-refractivity contribution in [3.63, 3.8) is 0 Å². The molecule has 0 N–H and O–H groups in total. The largest absolute Gasteiger partial charge is 0.135 e. The lowest BCUT2D eigenvalue weighted by molar-refractivity contribution is 1.78. The highest BCUT2D eigenvalue weighted by Crippen LogP contribution is 2.41. The van der Waals surface area contributed by atoms with Crippen LogP contribution >= 0.6 is 11.3 Å². The maximum absolute atomic E-state index is 2.44. The van der Waals surface area contributed by atoms with E-state index >= 15 is 0 Å². The van der Waals surface area contributed by atoms with E-state index in [9.17, 15) is 0 Å². The Hall–Kier alpha value is -4.46. The van der Waals surface area contributed by atoms with Crippen LogP contribution in [0.15, 0.2) is 133 Å². The molecule has 0 unspecified atom stereocenters. The van der Waals surface area contributed by atoms with Crippen molar-refractivity contribution < 1.29 is 0 Å². The van der Waals surface area contributed by atoms with Gasteiger partial charge < -0.3 is 0 Å². The van der Waals surface area contributed by atoms with Gasteiger partial charge >= 0.3 is 0 Å². The number of hydrogen-bond acceptors (Lipinski definition) is 1. The van der Waals surface area contributed by atoms with Gasteiger partial charge in [-0.2, -0.15) is 0 Å². The molecule has 172 valence electrons. The number of fused-ring (bicyclic) bond motifs is 13. The standard InChI is InChI=1S/C36H22S/c1-3-13-25-23(11-1)24-12-2-4-14-26(24)28-16-6-8-18-30(28)33-22-36-34(31-19-9-10-20-35(31)37-36)21-32(33)29-17-7-5-15-27(25)29/h1-22H. The van der Waals surface area contributed by atoms with E-state index in [1.807, 2.05) is 11.3 Å². The Morgan fingerprint density at radius 1 is 0.243 bits per heavy atom. The predicted octanol–water partition coefficient (Wildman–Crippen LogP) is 10.9. The van der Waals surface area contributed by atoms with Gasteiger partial charge in [-0.25, -0.2) is 0 Å². The third kappa shape index (κ3) is 3.08. The summed E-state index contributed by atoms with van der Waals surface area (Å²) in [7, 11) is 0. The summed E-state index contributed by atoms with van der Waals surface area (Å²) >= 11 is 1.89. The first-order chi connectivity index (χ1) is 18.4. The van der Waals surface area contributed by atoms with Crippen LogP contribution < -0.4 is 0 Å². The molecule has 0 aliphatic heterocycles. The first kappa shape index (κ1) is 20.7. The van der Waals surface area contributed by atoms with Crippen LogP contribution in [-0.4, -0.2) is 0 Å². The van der Waals surface area contributed by atoms with E-state index in [1.54, 1.807) is 0 Å². The van der Waals surface area contributed by atoms with Crippen molar-refractivity contribution >= 4 is 85.4 Å². The van der Waals surface area contributed by atoms with Crippen molar-refractivity contribution in [2.75, 3.05) is 0 Å². The Kier molecular flexibility index (Phi) is 4.49. The maximum atomic E-state index is 2.44. The zero-order valence-electron chi connectivity index (χ0n) is 20.1. The van der Waals surface area contributed by atoms with Crippen LogP contribution in [0, 0.1) is 0 Å². The van der Waals surface area contributed by atoms with E-state index in [-0.39, 0.29) is 0 Å². The summed E-state index contributed by atoms with van der Waals surface area (Å²) in [6.07, 6.45) is 0. The van der Waals surface area contributed by atoms with E-state index in [0.717, 1.165) is 0 Å². The highest BCUT2D eigenvalue weighted by Gasteiger charge is 2.11. The third-order valence-corrected chi connectivity index (χ3v) is 8.81. The molecule has 0 radical (unpaired) electrons. The summed E-state index contributed by atoms with van der Waals surface area (Å²) in [5, 5.41) is 15.4. The van der Waals surface area contributed by atoms with Gasteiger partial charge in [-0.3, -0.25) is 0 Å². The summed E-state index contributed by atoms with van der Waals surface area (Å²) in [6.45, 7) is 0. The molecular formula is C36H22S. The minimum atomic E-state index is 1.27. The molecule has 1 aromatic heterocycles. The van der Waals surface area contributed by atoms with E-state index in [2.05, 4.69) is 133 Å². The fraction of sp³-hybridized carbons (Fsp3) is 0. The number of thiophene rings is 1. The zero-order chi connectivity index (χ0) is 24.3. The first-order valence-electron chi connectivity index (χ1n) is 12.7. The van der Waals surface area contributed by atoms with Gasteiger partial charge in [-0.05, 0) is 72.1 Å². The lowest BCUT2D eigenvalue weighted by atomic mass is 9.94. The average Bonchev–Trinajstić information content (AvgIpc) is 3.34. The van der Waals surface area contributed by atoms with Gasteiger partial charge in [-0.15, -0.1) is 11.3 Å². The minimum absolute atomic E-state index is 1.27. The topological polar surface area (TPSA) is 0 Å². The molecule has 0 aliphatic carbocycles. The molecule has 0 saturated carbocycles. The highest BCUT2D eigenvalue weighted by molar-refractivity contribution is 7.25. The molecule has 0 fully saturated rings. The van der Waals surface area contributed by atoms with Crippen molar-refractivity contribution in [3.05, 3.63) is 133 Å². The Bertz CT molecular complexity index is 2250. The molecule has 1 heterocycles. The van der Waals surface area contributed by atoms with Crippen molar-refractivity contribution in [1.82, 2.24) is 0 Å². The van der Waals surface area contributed by atoms with Gasteiger partial charge in [0.15, 0.2) is 0 Å². The fourth-order valence-corrected chi connectivity index (χ4v) is 7.16. The van der Waals surface area contributed by atoms with Crippen LogP contribution in [0.2, 0.25) is 0 Å². The van der Waals surface area contributed by atoms with Crippen LogP contribution in [0.25, 0.3) is 74.0 Å². The molecule has 8 rings (SSSR count). The molecule has 0 nitrogen and oxygen atoms in total. The molecule has 37 heavy (non-hydrogen) atoms. The molecule has 0 saturated heterocycles. The Balaban J connectivity index is 1.81. The molecule has 0 amide bonds. The second-order valence-electron chi connectivity index (χ2n) is 9.67. The van der Waals surface area contributed by atoms with Crippen LogP contribution in [0.1, 0.15) is 0 Å². The van der Waals surface area contributed by atoms with Crippen LogP contribution in [-0.2, 0) is 0 Å². The molecule has 0 bridgehead atoms. The van der Waals surface area contributed by atoms with E-state index in [0.29, 0.717) is 0 Å².